The van der Waals surface area contributed by atoms with Gasteiger partial charge in [-0.05, 0) is 52.0 Å². The smallest absolute Gasteiger partial charge is 0.319 e. The molecule has 1 aromatic rings. The average Bonchev–Trinajstić information content (AvgIpc) is 2.88. The van der Waals surface area contributed by atoms with Gasteiger partial charge in [0.2, 0.25) is 5.91 Å². The predicted octanol–water partition coefficient (Wildman–Crippen LogP) is 3.07. The summed E-state index contributed by atoms with van der Waals surface area (Å²) in [6, 6.07) is 6.96. The van der Waals surface area contributed by atoms with Crippen molar-refractivity contribution in [3.8, 4) is 0 Å². The van der Waals surface area contributed by atoms with Crippen molar-refractivity contribution in [3.05, 3.63) is 47.2 Å². The number of rotatable bonds is 5. The SMILES string of the molecule is CCN(C(=O)CN1C(=O)N[C@](C)(c2ccc(C)cc2)C1=O)C1=CCCCC1. The van der Waals surface area contributed by atoms with Crippen molar-refractivity contribution in [2.24, 2.45) is 0 Å². The molecular formula is C21H27N3O3. The molecule has 144 valence electrons. The third kappa shape index (κ3) is 3.61. The number of nitrogens with one attached hydrogen (secondary N) is 1. The zero-order valence-electron chi connectivity index (χ0n) is 16.2. The second-order valence-corrected chi connectivity index (χ2v) is 7.39. The maximum Gasteiger partial charge on any atom is 0.325 e. The fraction of sp³-hybridized carbons (Fsp3) is 0.476. The van der Waals surface area contributed by atoms with Gasteiger partial charge in [0.1, 0.15) is 12.1 Å². The number of amides is 4. The second kappa shape index (κ2) is 7.55. The van der Waals surface area contributed by atoms with Crippen LogP contribution in [-0.2, 0) is 15.1 Å². The molecule has 27 heavy (non-hydrogen) atoms. The first-order valence-corrected chi connectivity index (χ1v) is 9.57. The van der Waals surface area contributed by atoms with Gasteiger partial charge in [-0.25, -0.2) is 4.79 Å². The number of benzene rings is 1. The topological polar surface area (TPSA) is 69.7 Å². The van der Waals surface area contributed by atoms with Crippen molar-refractivity contribution < 1.29 is 14.4 Å². The lowest BCUT2D eigenvalue weighted by Gasteiger charge is -2.28. The van der Waals surface area contributed by atoms with Crippen LogP contribution in [0, 0.1) is 6.92 Å². The lowest BCUT2D eigenvalue weighted by Crippen LogP contribution is -2.44. The lowest BCUT2D eigenvalue weighted by atomic mass is 9.91. The van der Waals surface area contributed by atoms with Gasteiger partial charge in [0.15, 0.2) is 0 Å². The molecule has 2 aliphatic rings. The summed E-state index contributed by atoms with van der Waals surface area (Å²) in [6.45, 7) is 5.85. The number of urea groups is 1. The van der Waals surface area contributed by atoms with E-state index in [0.717, 1.165) is 41.8 Å². The van der Waals surface area contributed by atoms with Crippen LogP contribution in [-0.4, -0.2) is 40.7 Å². The molecule has 0 aromatic heterocycles. The number of hydrogen-bond donors (Lipinski definition) is 1. The van der Waals surface area contributed by atoms with E-state index in [9.17, 15) is 14.4 Å². The Morgan fingerprint density at radius 3 is 2.52 bits per heavy atom. The van der Waals surface area contributed by atoms with Crippen LogP contribution in [0.3, 0.4) is 0 Å². The van der Waals surface area contributed by atoms with Crippen LogP contribution in [0.15, 0.2) is 36.0 Å². The molecule has 1 aliphatic heterocycles. The van der Waals surface area contributed by atoms with Crippen LogP contribution < -0.4 is 5.32 Å². The quantitative estimate of drug-likeness (QED) is 0.811. The van der Waals surface area contributed by atoms with Gasteiger partial charge in [0.25, 0.3) is 5.91 Å². The molecule has 6 heteroatoms. The molecule has 1 aromatic carbocycles. The summed E-state index contributed by atoms with van der Waals surface area (Å²) in [5, 5.41) is 2.76. The van der Waals surface area contributed by atoms with Crippen LogP contribution in [0.25, 0.3) is 0 Å². The van der Waals surface area contributed by atoms with E-state index in [1.807, 2.05) is 38.1 Å². The van der Waals surface area contributed by atoms with Crippen molar-refractivity contribution in [1.29, 1.82) is 0 Å². The van der Waals surface area contributed by atoms with Crippen molar-refractivity contribution in [2.45, 2.75) is 52.0 Å². The number of likely N-dealkylation sites (N-methyl/N-ethyl adjacent to an activating group) is 1. The standard InChI is InChI=1S/C21H27N3O3/c1-4-23(17-8-6-5-7-9-17)18(25)14-24-19(26)21(3,22-20(24)27)16-12-10-15(2)11-13-16/h8,10-13H,4-7,9,14H2,1-3H3,(H,22,27)/t21-/m1/s1. The molecular weight excluding hydrogens is 342 g/mol. The molecule has 4 amide bonds. The van der Waals surface area contributed by atoms with Gasteiger partial charge in [0.05, 0.1) is 0 Å². The molecule has 0 saturated carbocycles. The Balaban J connectivity index is 1.78. The van der Waals surface area contributed by atoms with Crippen molar-refractivity contribution >= 4 is 17.8 Å². The highest BCUT2D eigenvalue weighted by Crippen LogP contribution is 2.29. The molecule has 1 aliphatic carbocycles. The molecule has 3 rings (SSSR count). The lowest BCUT2D eigenvalue weighted by molar-refractivity contribution is -0.138. The molecule has 1 saturated heterocycles. The number of carbonyl (C=O) groups excluding carboxylic acids is 3. The molecule has 0 radical (unpaired) electrons. The number of hydrogen-bond acceptors (Lipinski definition) is 3. The summed E-state index contributed by atoms with van der Waals surface area (Å²) >= 11 is 0. The Morgan fingerprint density at radius 1 is 1.22 bits per heavy atom. The van der Waals surface area contributed by atoms with Gasteiger partial charge in [-0.2, -0.15) is 0 Å². The van der Waals surface area contributed by atoms with Gasteiger partial charge in [-0.15, -0.1) is 0 Å². The van der Waals surface area contributed by atoms with Crippen LogP contribution in [0.5, 0.6) is 0 Å². The van der Waals surface area contributed by atoms with Gasteiger partial charge < -0.3 is 10.2 Å². The van der Waals surface area contributed by atoms with Crippen LogP contribution in [0.1, 0.15) is 50.7 Å². The highest BCUT2D eigenvalue weighted by molar-refractivity contribution is 6.09. The van der Waals surface area contributed by atoms with Gasteiger partial charge in [-0.3, -0.25) is 14.5 Å². The summed E-state index contributed by atoms with van der Waals surface area (Å²) in [4.78, 5) is 41.0. The van der Waals surface area contributed by atoms with E-state index >= 15 is 0 Å². The normalized spacial score (nSPS) is 22.5. The summed E-state index contributed by atoms with van der Waals surface area (Å²) in [7, 11) is 0. The molecule has 1 atom stereocenters. The first kappa shape index (κ1) is 19.1. The van der Waals surface area contributed by atoms with Gasteiger partial charge in [-0.1, -0.05) is 35.9 Å². The van der Waals surface area contributed by atoms with E-state index in [2.05, 4.69) is 11.4 Å². The summed E-state index contributed by atoms with van der Waals surface area (Å²) < 4.78 is 0. The third-order valence-electron chi connectivity index (χ3n) is 5.43. The highest BCUT2D eigenvalue weighted by Gasteiger charge is 2.49. The molecule has 1 heterocycles. The van der Waals surface area contributed by atoms with Crippen molar-refractivity contribution in [3.63, 3.8) is 0 Å². The number of imide groups is 1. The predicted molar refractivity (Wildman–Crippen MR) is 103 cm³/mol. The molecule has 0 spiro atoms. The van der Waals surface area contributed by atoms with Crippen LogP contribution >= 0.6 is 0 Å². The highest BCUT2D eigenvalue weighted by atomic mass is 16.2. The minimum atomic E-state index is -1.15. The largest absolute Gasteiger partial charge is 0.325 e. The zero-order valence-corrected chi connectivity index (χ0v) is 16.2. The Kier molecular flexibility index (Phi) is 5.35. The first-order valence-electron chi connectivity index (χ1n) is 9.57. The van der Waals surface area contributed by atoms with E-state index in [4.69, 9.17) is 0 Å². The second-order valence-electron chi connectivity index (χ2n) is 7.39. The van der Waals surface area contributed by atoms with Crippen molar-refractivity contribution in [2.75, 3.05) is 13.1 Å². The first-order chi connectivity index (χ1) is 12.9. The Hall–Kier alpha value is -2.63. The number of carbonyl (C=O) groups is 3. The van der Waals surface area contributed by atoms with Crippen molar-refractivity contribution in [1.82, 2.24) is 15.1 Å². The minimum Gasteiger partial charge on any atom is -0.319 e. The Bertz CT molecular complexity index is 784. The number of nitrogens with zero attached hydrogens (tertiary/aromatic N) is 2. The summed E-state index contributed by atoms with van der Waals surface area (Å²) in [5.74, 6) is -0.610. The van der Waals surface area contributed by atoms with E-state index < -0.39 is 17.5 Å². The molecule has 0 unspecified atom stereocenters. The fourth-order valence-electron chi connectivity index (χ4n) is 3.75. The Morgan fingerprint density at radius 2 is 1.93 bits per heavy atom. The van der Waals surface area contributed by atoms with Crippen LogP contribution in [0.2, 0.25) is 0 Å². The third-order valence-corrected chi connectivity index (χ3v) is 5.43. The fourth-order valence-corrected chi connectivity index (χ4v) is 3.75. The van der Waals surface area contributed by atoms with Gasteiger partial charge >= 0.3 is 6.03 Å². The van der Waals surface area contributed by atoms with Crippen LogP contribution in [0.4, 0.5) is 4.79 Å². The zero-order chi connectivity index (χ0) is 19.6. The van der Waals surface area contributed by atoms with E-state index in [-0.39, 0.29) is 12.5 Å². The number of allylic oxidation sites excluding steroid dienone is 2. The Labute approximate surface area is 160 Å². The summed E-state index contributed by atoms with van der Waals surface area (Å²) in [5.41, 5.74) is 1.64. The molecule has 1 N–H and O–H groups in total. The van der Waals surface area contributed by atoms with E-state index in [0.29, 0.717) is 12.1 Å². The van der Waals surface area contributed by atoms with Gasteiger partial charge in [0, 0.05) is 12.2 Å². The van der Waals surface area contributed by atoms with E-state index in [1.54, 1.807) is 11.8 Å². The van der Waals surface area contributed by atoms with E-state index in [1.165, 1.54) is 0 Å². The minimum absolute atomic E-state index is 0.220. The molecule has 0 bridgehead atoms. The molecule has 1 fully saturated rings. The summed E-state index contributed by atoms with van der Waals surface area (Å²) in [6.07, 6.45) is 6.11. The molecule has 6 nitrogen and oxygen atoms in total. The monoisotopic (exact) mass is 369 g/mol. The average molecular weight is 369 g/mol. The maximum atomic E-state index is 13.0. The maximum absolute atomic E-state index is 13.0. The number of aryl methyl sites for hydroxylation is 1.